The Balaban J connectivity index is 1.57. The van der Waals surface area contributed by atoms with Crippen LogP contribution in [0.1, 0.15) is 35.1 Å². The molecule has 8 nitrogen and oxygen atoms in total. The Kier molecular flexibility index (Phi) is 8.28. The summed E-state index contributed by atoms with van der Waals surface area (Å²) in [6, 6.07) is 8.99. The molecule has 0 spiro atoms. The van der Waals surface area contributed by atoms with Crippen LogP contribution in [0.2, 0.25) is 0 Å². The van der Waals surface area contributed by atoms with E-state index in [-0.39, 0.29) is 56.9 Å². The number of amides is 3. The summed E-state index contributed by atoms with van der Waals surface area (Å²) in [6.07, 6.45) is -12.1. The van der Waals surface area contributed by atoms with Crippen molar-refractivity contribution in [1.29, 1.82) is 0 Å². The number of rotatable bonds is 6. The van der Waals surface area contributed by atoms with Gasteiger partial charge in [0.2, 0.25) is 11.8 Å². The third-order valence-corrected chi connectivity index (χ3v) is 6.75. The van der Waals surface area contributed by atoms with E-state index in [1.807, 2.05) is 0 Å². The Morgan fingerprint density at radius 1 is 0.950 bits per heavy atom. The number of benzene rings is 2. The molecular formula is C26H26F6N4O4. The lowest BCUT2D eigenvalue weighted by Gasteiger charge is -2.51. The van der Waals surface area contributed by atoms with Gasteiger partial charge < -0.3 is 20.3 Å². The van der Waals surface area contributed by atoms with Gasteiger partial charge in [-0.05, 0) is 42.3 Å². The lowest BCUT2D eigenvalue weighted by Crippen LogP contribution is -2.71. The van der Waals surface area contributed by atoms with Crippen LogP contribution >= 0.6 is 0 Å². The Morgan fingerprint density at radius 3 is 2.15 bits per heavy atom. The zero-order valence-electron chi connectivity index (χ0n) is 21.0. The quantitative estimate of drug-likeness (QED) is 0.529. The van der Waals surface area contributed by atoms with E-state index in [1.54, 1.807) is 30.3 Å². The molecule has 14 heteroatoms. The first-order valence-electron chi connectivity index (χ1n) is 12.3. The van der Waals surface area contributed by atoms with Gasteiger partial charge in [0.25, 0.3) is 0 Å². The van der Waals surface area contributed by atoms with Crippen molar-refractivity contribution in [3.8, 4) is 0 Å². The molecule has 2 aliphatic rings. The number of alkyl halides is 6. The molecule has 4 rings (SSSR count). The van der Waals surface area contributed by atoms with Crippen LogP contribution in [0, 0.1) is 0 Å². The minimum atomic E-state index is -5.05. The predicted octanol–water partition coefficient (Wildman–Crippen LogP) is 3.98. The van der Waals surface area contributed by atoms with E-state index in [4.69, 9.17) is 10.5 Å². The second kappa shape index (κ2) is 11.4. The van der Waals surface area contributed by atoms with E-state index in [9.17, 15) is 40.7 Å². The van der Waals surface area contributed by atoms with Gasteiger partial charge in [-0.1, -0.05) is 30.3 Å². The Labute approximate surface area is 225 Å². The maximum absolute atomic E-state index is 13.3. The Hall–Kier alpha value is -3.81. The van der Waals surface area contributed by atoms with Gasteiger partial charge in [-0.3, -0.25) is 14.5 Å². The number of piperazine rings is 1. The number of hydrogen-bond donors (Lipinski definition) is 1. The summed E-state index contributed by atoms with van der Waals surface area (Å²) in [6.45, 7) is -0.794. The highest BCUT2D eigenvalue weighted by Gasteiger charge is 2.49. The third-order valence-electron chi connectivity index (χ3n) is 6.75. The first-order chi connectivity index (χ1) is 18.8. The lowest BCUT2D eigenvalue weighted by molar-refractivity contribution is -0.168. The molecular weight excluding hydrogens is 546 g/mol. The number of nitrogens with two attached hydrogens (primary N) is 1. The molecule has 2 unspecified atom stereocenters. The van der Waals surface area contributed by atoms with Gasteiger partial charge in [0, 0.05) is 19.5 Å². The van der Waals surface area contributed by atoms with E-state index in [2.05, 4.69) is 0 Å². The van der Waals surface area contributed by atoms with Crippen LogP contribution in [-0.4, -0.2) is 64.4 Å². The highest BCUT2D eigenvalue weighted by molar-refractivity contribution is 5.90. The first-order valence-corrected chi connectivity index (χ1v) is 12.3. The molecule has 2 aromatic rings. The summed E-state index contributed by atoms with van der Waals surface area (Å²) in [7, 11) is 0. The average molecular weight is 573 g/mol. The maximum atomic E-state index is 13.3. The monoisotopic (exact) mass is 572 g/mol. The first kappa shape index (κ1) is 29.2. The average Bonchev–Trinajstić information content (AvgIpc) is 2.89. The molecule has 2 heterocycles. The van der Waals surface area contributed by atoms with Gasteiger partial charge in [-0.2, -0.15) is 26.3 Å². The fourth-order valence-electron chi connectivity index (χ4n) is 4.91. The molecule has 0 aliphatic carbocycles. The van der Waals surface area contributed by atoms with Gasteiger partial charge in [0.15, 0.2) is 0 Å². The molecule has 3 amide bonds. The van der Waals surface area contributed by atoms with Crippen LogP contribution in [0.3, 0.4) is 0 Å². The van der Waals surface area contributed by atoms with Crippen molar-refractivity contribution in [2.45, 2.75) is 50.6 Å². The lowest BCUT2D eigenvalue weighted by atomic mass is 10.0. The van der Waals surface area contributed by atoms with E-state index < -0.39 is 54.0 Å². The van der Waals surface area contributed by atoms with Crippen molar-refractivity contribution in [2.75, 3.05) is 19.6 Å². The molecule has 2 saturated heterocycles. The number of halogens is 6. The van der Waals surface area contributed by atoms with Crippen molar-refractivity contribution in [1.82, 2.24) is 14.7 Å². The highest BCUT2D eigenvalue weighted by Crippen LogP contribution is 2.36. The number of fused-ring (bicyclic) bond motifs is 1. The largest absolute Gasteiger partial charge is 0.444 e. The summed E-state index contributed by atoms with van der Waals surface area (Å²) in [5, 5.41) is 0. The molecule has 0 saturated carbocycles. The van der Waals surface area contributed by atoms with Crippen molar-refractivity contribution < 1.29 is 45.5 Å². The van der Waals surface area contributed by atoms with Crippen molar-refractivity contribution >= 4 is 17.9 Å². The summed E-state index contributed by atoms with van der Waals surface area (Å²) in [5.41, 5.74) is 2.93. The number of hydrogen-bond acceptors (Lipinski definition) is 5. The minimum Gasteiger partial charge on any atom is -0.444 e. The van der Waals surface area contributed by atoms with Crippen LogP contribution in [0.5, 0.6) is 0 Å². The molecule has 216 valence electrons. The molecule has 2 aliphatic heterocycles. The smallest absolute Gasteiger partial charge is 0.416 e. The van der Waals surface area contributed by atoms with Crippen LogP contribution in [0.15, 0.2) is 48.5 Å². The number of ether oxygens (including phenoxy) is 1. The summed E-state index contributed by atoms with van der Waals surface area (Å²) < 4.78 is 84.4. The summed E-state index contributed by atoms with van der Waals surface area (Å²) in [5.74, 6) is -0.731. The van der Waals surface area contributed by atoms with Crippen LogP contribution in [-0.2, 0) is 39.8 Å². The predicted molar refractivity (Wildman–Crippen MR) is 128 cm³/mol. The summed E-state index contributed by atoms with van der Waals surface area (Å²) >= 11 is 0. The number of carbonyl (C=O) groups excluding carboxylic acids is 3. The fourth-order valence-corrected chi connectivity index (χ4v) is 4.91. The second-order valence-electron chi connectivity index (χ2n) is 9.49. The summed E-state index contributed by atoms with van der Waals surface area (Å²) in [4.78, 5) is 43.2. The molecule has 2 aromatic carbocycles. The Bertz CT molecular complexity index is 1220. The van der Waals surface area contributed by atoms with E-state index in [1.165, 1.54) is 9.80 Å². The van der Waals surface area contributed by atoms with Crippen LogP contribution in [0.25, 0.3) is 0 Å². The highest BCUT2D eigenvalue weighted by atomic mass is 19.4. The number of nitrogens with zero attached hydrogens (tertiary/aromatic N) is 3. The van der Waals surface area contributed by atoms with Gasteiger partial charge in [0.1, 0.15) is 18.8 Å². The van der Waals surface area contributed by atoms with Crippen molar-refractivity contribution in [3.05, 3.63) is 70.8 Å². The minimum absolute atomic E-state index is 0.0165. The van der Waals surface area contributed by atoms with Gasteiger partial charge in [-0.25, -0.2) is 4.79 Å². The molecule has 2 N–H and O–H groups in total. The van der Waals surface area contributed by atoms with Crippen molar-refractivity contribution in [3.63, 3.8) is 0 Å². The van der Waals surface area contributed by atoms with Crippen LogP contribution in [0.4, 0.5) is 31.1 Å². The molecule has 0 aromatic heterocycles. The molecule has 2 atom stereocenters. The SMILES string of the molecule is NCCC1C(=O)N(Cc2ccccc2)CC2N(C(=O)OCc3cc(C(F)(F)F)cc(C(F)(F)F)c3)CCC(=O)N12. The zero-order valence-corrected chi connectivity index (χ0v) is 21.0. The molecule has 0 radical (unpaired) electrons. The maximum Gasteiger partial charge on any atom is 0.416 e. The fraction of sp³-hybridized carbons (Fsp3) is 0.423. The Morgan fingerprint density at radius 2 is 1.57 bits per heavy atom. The zero-order chi connectivity index (χ0) is 29.2. The number of carbonyl (C=O) groups is 3. The molecule has 2 fully saturated rings. The van der Waals surface area contributed by atoms with Gasteiger partial charge >= 0.3 is 18.4 Å². The molecule has 40 heavy (non-hydrogen) atoms. The van der Waals surface area contributed by atoms with E-state index in [0.29, 0.717) is 12.1 Å². The standard InChI is InChI=1S/C26H26F6N4O4/c27-25(28,29)18-10-17(11-19(12-18)26(30,31)32)15-40-24(39)35-9-7-22(37)36-20(6-8-33)23(38)34(14-21(35)36)13-16-4-2-1-3-5-16/h1-5,10-12,20-21H,6-9,13-15,33H2. The third kappa shape index (κ3) is 6.32. The van der Waals surface area contributed by atoms with Crippen molar-refractivity contribution in [2.24, 2.45) is 5.73 Å². The second-order valence-corrected chi connectivity index (χ2v) is 9.49. The van der Waals surface area contributed by atoms with E-state index in [0.717, 1.165) is 10.5 Å². The van der Waals surface area contributed by atoms with Gasteiger partial charge in [-0.15, -0.1) is 0 Å². The van der Waals surface area contributed by atoms with E-state index >= 15 is 0 Å². The molecule has 0 bridgehead atoms. The normalized spacial score (nSPS) is 20.0. The van der Waals surface area contributed by atoms with Crippen LogP contribution < -0.4 is 5.73 Å². The topological polar surface area (TPSA) is 96.2 Å². The van der Waals surface area contributed by atoms with Gasteiger partial charge in [0.05, 0.1) is 17.7 Å².